The molecule has 1 nitrogen and oxygen atoms in total. The fourth-order valence-electron chi connectivity index (χ4n) is 1.97. The van der Waals surface area contributed by atoms with E-state index in [1.54, 1.807) is 0 Å². The lowest BCUT2D eigenvalue weighted by molar-refractivity contribution is 0.819. The van der Waals surface area contributed by atoms with Crippen molar-refractivity contribution in [3.8, 4) is 11.1 Å². The minimum atomic E-state index is 0.801. The normalized spacial score (nSPS) is 10.5. The van der Waals surface area contributed by atoms with Crippen LogP contribution in [-0.4, -0.2) is 7.05 Å². The Morgan fingerprint density at radius 3 is 2.53 bits per heavy atom. The highest BCUT2D eigenvalue weighted by atomic mass is 35.5. The quantitative estimate of drug-likeness (QED) is 0.861. The van der Waals surface area contributed by atoms with E-state index in [4.69, 9.17) is 11.6 Å². The zero-order valence-electron chi connectivity index (χ0n) is 10.1. The first-order chi connectivity index (χ1) is 8.22. The van der Waals surface area contributed by atoms with E-state index in [2.05, 4.69) is 36.5 Å². The molecule has 0 fully saturated rings. The summed E-state index contributed by atoms with van der Waals surface area (Å²) in [5.74, 6) is 0. The van der Waals surface area contributed by atoms with E-state index in [1.807, 2.05) is 25.2 Å². The highest BCUT2D eigenvalue weighted by Gasteiger charge is 2.07. The Morgan fingerprint density at radius 1 is 1.06 bits per heavy atom. The van der Waals surface area contributed by atoms with E-state index >= 15 is 0 Å². The van der Waals surface area contributed by atoms with Crippen LogP contribution < -0.4 is 5.32 Å². The third-order valence-electron chi connectivity index (χ3n) is 2.80. The average Bonchev–Trinajstić information content (AvgIpc) is 2.32. The fourth-order valence-corrected chi connectivity index (χ4v) is 2.20. The van der Waals surface area contributed by atoms with Crippen molar-refractivity contribution in [3.05, 3.63) is 58.6 Å². The van der Waals surface area contributed by atoms with Crippen LogP contribution in [0.25, 0.3) is 11.1 Å². The van der Waals surface area contributed by atoms with Crippen LogP contribution in [0.4, 0.5) is 0 Å². The van der Waals surface area contributed by atoms with Gasteiger partial charge in [0.05, 0.1) is 0 Å². The first kappa shape index (κ1) is 12.2. The zero-order valence-corrected chi connectivity index (χ0v) is 10.9. The first-order valence-electron chi connectivity index (χ1n) is 5.71. The van der Waals surface area contributed by atoms with Gasteiger partial charge >= 0.3 is 0 Å². The number of rotatable bonds is 3. The Morgan fingerprint density at radius 2 is 1.82 bits per heavy atom. The standard InChI is InChI=1S/C15H16ClN/c1-11-7-8-12(10-17-2)14(9-11)13-5-3-4-6-15(13)16/h3-9,17H,10H2,1-2H3. The minimum Gasteiger partial charge on any atom is -0.316 e. The summed E-state index contributed by atoms with van der Waals surface area (Å²) < 4.78 is 0. The molecule has 0 aliphatic carbocycles. The van der Waals surface area contributed by atoms with E-state index in [1.165, 1.54) is 16.7 Å². The van der Waals surface area contributed by atoms with Crippen molar-refractivity contribution in [3.63, 3.8) is 0 Å². The van der Waals surface area contributed by atoms with Crippen molar-refractivity contribution in [1.29, 1.82) is 0 Å². The molecule has 0 radical (unpaired) electrons. The molecule has 2 aromatic carbocycles. The molecule has 0 heterocycles. The van der Waals surface area contributed by atoms with Gasteiger partial charge in [0.2, 0.25) is 0 Å². The summed E-state index contributed by atoms with van der Waals surface area (Å²) in [7, 11) is 1.95. The van der Waals surface area contributed by atoms with Crippen LogP contribution in [0.1, 0.15) is 11.1 Å². The molecule has 2 aromatic rings. The van der Waals surface area contributed by atoms with E-state index in [0.717, 1.165) is 17.1 Å². The Balaban J connectivity index is 2.57. The van der Waals surface area contributed by atoms with Crippen molar-refractivity contribution >= 4 is 11.6 Å². The van der Waals surface area contributed by atoms with Gasteiger partial charge in [0.25, 0.3) is 0 Å². The molecule has 0 aliphatic heterocycles. The van der Waals surface area contributed by atoms with Crippen LogP contribution in [0.15, 0.2) is 42.5 Å². The molecule has 0 spiro atoms. The molecule has 88 valence electrons. The zero-order chi connectivity index (χ0) is 12.3. The predicted octanol–water partition coefficient (Wildman–Crippen LogP) is 4.03. The van der Waals surface area contributed by atoms with Gasteiger partial charge < -0.3 is 5.32 Å². The van der Waals surface area contributed by atoms with Gasteiger partial charge in [-0.1, -0.05) is 53.6 Å². The van der Waals surface area contributed by atoms with E-state index < -0.39 is 0 Å². The maximum Gasteiger partial charge on any atom is 0.0484 e. The SMILES string of the molecule is CNCc1ccc(C)cc1-c1ccccc1Cl. The van der Waals surface area contributed by atoms with Crippen LogP contribution in [0.2, 0.25) is 5.02 Å². The number of nitrogens with one attached hydrogen (secondary N) is 1. The lowest BCUT2D eigenvalue weighted by Gasteiger charge is -2.12. The second kappa shape index (κ2) is 5.35. The lowest BCUT2D eigenvalue weighted by Crippen LogP contribution is -2.06. The number of benzene rings is 2. The number of halogens is 1. The number of aryl methyl sites for hydroxylation is 1. The summed E-state index contributed by atoms with van der Waals surface area (Å²) in [6.07, 6.45) is 0. The Hall–Kier alpha value is -1.31. The molecule has 0 amide bonds. The molecule has 0 aliphatic rings. The van der Waals surface area contributed by atoms with Crippen molar-refractivity contribution < 1.29 is 0 Å². The van der Waals surface area contributed by atoms with Gasteiger partial charge in [-0.05, 0) is 31.2 Å². The molecule has 1 N–H and O–H groups in total. The highest BCUT2D eigenvalue weighted by molar-refractivity contribution is 6.33. The van der Waals surface area contributed by atoms with Gasteiger partial charge in [-0.25, -0.2) is 0 Å². The molecule has 2 rings (SSSR count). The van der Waals surface area contributed by atoms with Crippen LogP contribution in [0.3, 0.4) is 0 Å². The minimum absolute atomic E-state index is 0.801. The van der Waals surface area contributed by atoms with Crippen LogP contribution in [0.5, 0.6) is 0 Å². The summed E-state index contributed by atoms with van der Waals surface area (Å²) >= 11 is 6.26. The Kier molecular flexibility index (Phi) is 3.82. The van der Waals surface area contributed by atoms with Gasteiger partial charge in [0.15, 0.2) is 0 Å². The third kappa shape index (κ3) is 2.68. The predicted molar refractivity (Wildman–Crippen MR) is 74.4 cm³/mol. The highest BCUT2D eigenvalue weighted by Crippen LogP contribution is 2.31. The molecule has 17 heavy (non-hydrogen) atoms. The number of hydrogen-bond acceptors (Lipinski definition) is 1. The molecule has 0 saturated carbocycles. The lowest BCUT2D eigenvalue weighted by atomic mass is 9.97. The Bertz CT molecular complexity index is 520. The molecular weight excluding hydrogens is 230 g/mol. The number of hydrogen-bond donors (Lipinski definition) is 1. The summed E-state index contributed by atoms with van der Waals surface area (Å²) in [5, 5.41) is 3.99. The summed E-state index contributed by atoms with van der Waals surface area (Å²) in [6.45, 7) is 2.95. The van der Waals surface area contributed by atoms with Gasteiger partial charge in [-0.3, -0.25) is 0 Å². The molecular formula is C15H16ClN. The topological polar surface area (TPSA) is 12.0 Å². The van der Waals surface area contributed by atoms with E-state index in [9.17, 15) is 0 Å². The van der Waals surface area contributed by atoms with Crippen molar-refractivity contribution in [2.24, 2.45) is 0 Å². The summed E-state index contributed by atoms with van der Waals surface area (Å²) in [5.41, 5.74) is 4.83. The van der Waals surface area contributed by atoms with Crippen molar-refractivity contribution in [2.45, 2.75) is 13.5 Å². The second-order valence-electron chi connectivity index (χ2n) is 4.17. The average molecular weight is 246 g/mol. The molecule has 0 bridgehead atoms. The third-order valence-corrected chi connectivity index (χ3v) is 3.13. The largest absolute Gasteiger partial charge is 0.316 e. The molecule has 0 saturated heterocycles. The van der Waals surface area contributed by atoms with Crippen LogP contribution >= 0.6 is 11.6 Å². The van der Waals surface area contributed by atoms with Crippen LogP contribution in [-0.2, 0) is 6.54 Å². The maximum atomic E-state index is 6.26. The summed E-state index contributed by atoms with van der Waals surface area (Å²) in [4.78, 5) is 0. The molecule has 2 heteroatoms. The fraction of sp³-hybridized carbons (Fsp3) is 0.200. The van der Waals surface area contributed by atoms with Gasteiger partial charge in [-0.15, -0.1) is 0 Å². The monoisotopic (exact) mass is 245 g/mol. The Labute approximate surface area is 107 Å². The van der Waals surface area contributed by atoms with Crippen molar-refractivity contribution in [1.82, 2.24) is 5.32 Å². The van der Waals surface area contributed by atoms with E-state index in [-0.39, 0.29) is 0 Å². The smallest absolute Gasteiger partial charge is 0.0484 e. The van der Waals surface area contributed by atoms with Crippen molar-refractivity contribution in [2.75, 3.05) is 7.05 Å². The maximum absolute atomic E-state index is 6.26. The second-order valence-corrected chi connectivity index (χ2v) is 4.58. The molecule has 0 atom stereocenters. The van der Waals surface area contributed by atoms with Gasteiger partial charge in [-0.2, -0.15) is 0 Å². The summed E-state index contributed by atoms with van der Waals surface area (Å²) in [6, 6.07) is 14.5. The van der Waals surface area contributed by atoms with Gasteiger partial charge in [0, 0.05) is 17.1 Å². The van der Waals surface area contributed by atoms with E-state index in [0.29, 0.717) is 0 Å². The molecule has 0 aromatic heterocycles. The molecule has 0 unspecified atom stereocenters. The van der Waals surface area contributed by atoms with Gasteiger partial charge in [0.1, 0.15) is 0 Å². The first-order valence-corrected chi connectivity index (χ1v) is 6.09. The van der Waals surface area contributed by atoms with Crippen LogP contribution in [0, 0.1) is 6.92 Å².